The highest BCUT2D eigenvalue weighted by atomic mass is 32.1. The molecule has 3 N–H and O–H groups in total. The molecule has 6 nitrogen and oxygen atoms in total. The molecule has 124 valence electrons. The zero-order valence-electron chi connectivity index (χ0n) is 13.0. The van der Waals surface area contributed by atoms with Crippen LogP contribution in [0.15, 0.2) is 24.3 Å². The molecule has 2 aromatic rings. The number of para-hydroxylation sites is 1. The van der Waals surface area contributed by atoms with Gasteiger partial charge < -0.3 is 15.7 Å². The minimum Gasteiger partial charge on any atom is -0.395 e. The summed E-state index contributed by atoms with van der Waals surface area (Å²) in [4.78, 5) is 21.4. The Hall–Kier alpha value is -1.54. The predicted octanol–water partition coefficient (Wildman–Crippen LogP) is 0.475. The Kier molecular flexibility index (Phi) is 5.22. The van der Waals surface area contributed by atoms with Crippen LogP contribution in [0.2, 0.25) is 0 Å². The highest BCUT2D eigenvalue weighted by Crippen LogP contribution is 2.28. The first-order valence-electron chi connectivity index (χ1n) is 7.90. The maximum Gasteiger partial charge on any atom is 0.233 e. The van der Waals surface area contributed by atoms with Crippen molar-refractivity contribution in [1.82, 2.24) is 14.8 Å². The summed E-state index contributed by atoms with van der Waals surface area (Å²) >= 11 is 1.55. The Morgan fingerprint density at radius 3 is 2.70 bits per heavy atom. The van der Waals surface area contributed by atoms with Gasteiger partial charge in [-0.1, -0.05) is 12.1 Å². The van der Waals surface area contributed by atoms with Crippen molar-refractivity contribution in [2.45, 2.75) is 5.92 Å². The van der Waals surface area contributed by atoms with Gasteiger partial charge in [0.25, 0.3) is 0 Å². The van der Waals surface area contributed by atoms with Crippen molar-refractivity contribution in [2.75, 3.05) is 45.9 Å². The van der Waals surface area contributed by atoms with E-state index in [-0.39, 0.29) is 25.0 Å². The van der Waals surface area contributed by atoms with Gasteiger partial charge in [-0.2, -0.15) is 0 Å². The van der Waals surface area contributed by atoms with Crippen LogP contribution in [0.3, 0.4) is 0 Å². The molecule has 1 atom stereocenters. The van der Waals surface area contributed by atoms with Crippen molar-refractivity contribution >= 4 is 27.5 Å². The van der Waals surface area contributed by atoms with Crippen molar-refractivity contribution in [3.63, 3.8) is 0 Å². The topological polar surface area (TPSA) is 82.7 Å². The Bertz CT molecular complexity index is 634. The van der Waals surface area contributed by atoms with E-state index in [0.29, 0.717) is 19.6 Å². The number of fused-ring (bicyclic) bond motifs is 1. The second kappa shape index (κ2) is 7.35. The van der Waals surface area contributed by atoms with Gasteiger partial charge in [-0.25, -0.2) is 4.98 Å². The molecule has 1 saturated heterocycles. The molecule has 1 fully saturated rings. The molecule has 7 heteroatoms. The highest BCUT2D eigenvalue weighted by molar-refractivity contribution is 7.18. The fraction of sp³-hybridized carbons (Fsp3) is 0.500. The molecule has 1 aliphatic heterocycles. The van der Waals surface area contributed by atoms with Gasteiger partial charge in [-0.15, -0.1) is 11.3 Å². The SMILES string of the molecule is NC[C@@H](C(=O)N1CCN(CCO)CC1)c1nc2ccccc2s1. The number of benzene rings is 1. The van der Waals surface area contributed by atoms with E-state index in [1.165, 1.54) is 0 Å². The molecule has 23 heavy (non-hydrogen) atoms. The lowest BCUT2D eigenvalue weighted by Gasteiger charge is -2.35. The van der Waals surface area contributed by atoms with Gasteiger partial charge in [0.05, 0.1) is 16.8 Å². The van der Waals surface area contributed by atoms with Crippen molar-refractivity contribution in [1.29, 1.82) is 0 Å². The predicted molar refractivity (Wildman–Crippen MR) is 91.5 cm³/mol. The van der Waals surface area contributed by atoms with Crippen LogP contribution in [0.5, 0.6) is 0 Å². The Morgan fingerprint density at radius 1 is 1.30 bits per heavy atom. The molecule has 0 unspecified atom stereocenters. The molecular formula is C16H22N4O2S. The van der Waals surface area contributed by atoms with E-state index in [9.17, 15) is 4.79 Å². The van der Waals surface area contributed by atoms with Gasteiger partial charge in [-0.05, 0) is 12.1 Å². The quantitative estimate of drug-likeness (QED) is 0.831. The van der Waals surface area contributed by atoms with E-state index in [4.69, 9.17) is 10.8 Å². The molecule has 0 bridgehead atoms. The monoisotopic (exact) mass is 334 g/mol. The minimum atomic E-state index is -0.364. The van der Waals surface area contributed by atoms with Crippen LogP contribution >= 0.6 is 11.3 Å². The number of carbonyl (C=O) groups is 1. The van der Waals surface area contributed by atoms with Crippen LogP contribution in [-0.4, -0.2) is 71.7 Å². The zero-order chi connectivity index (χ0) is 16.2. The van der Waals surface area contributed by atoms with Gasteiger partial charge >= 0.3 is 0 Å². The summed E-state index contributed by atoms with van der Waals surface area (Å²) in [5, 5.41) is 9.79. The van der Waals surface area contributed by atoms with Gasteiger partial charge in [0.2, 0.25) is 5.91 Å². The normalized spacial score (nSPS) is 17.6. The summed E-state index contributed by atoms with van der Waals surface area (Å²) in [6.45, 7) is 4.05. The summed E-state index contributed by atoms with van der Waals surface area (Å²) in [6, 6.07) is 7.90. The lowest BCUT2D eigenvalue weighted by atomic mass is 10.1. The van der Waals surface area contributed by atoms with Crippen LogP contribution in [0.25, 0.3) is 10.2 Å². The molecule has 2 heterocycles. The number of aromatic nitrogens is 1. The lowest BCUT2D eigenvalue weighted by Crippen LogP contribution is -2.51. The Morgan fingerprint density at radius 2 is 2.04 bits per heavy atom. The Labute approximate surface area is 139 Å². The van der Waals surface area contributed by atoms with Crippen molar-refractivity contribution < 1.29 is 9.90 Å². The molecule has 0 saturated carbocycles. The van der Waals surface area contributed by atoms with E-state index in [0.717, 1.165) is 28.3 Å². The van der Waals surface area contributed by atoms with E-state index in [1.54, 1.807) is 11.3 Å². The molecular weight excluding hydrogens is 312 g/mol. The average molecular weight is 334 g/mol. The van der Waals surface area contributed by atoms with E-state index >= 15 is 0 Å². The van der Waals surface area contributed by atoms with Crippen LogP contribution in [0.4, 0.5) is 0 Å². The van der Waals surface area contributed by atoms with E-state index in [2.05, 4.69) is 9.88 Å². The maximum absolute atomic E-state index is 12.8. The molecule has 1 aromatic carbocycles. The van der Waals surface area contributed by atoms with Crippen molar-refractivity contribution in [3.05, 3.63) is 29.3 Å². The van der Waals surface area contributed by atoms with Gasteiger partial charge in [-0.3, -0.25) is 9.69 Å². The van der Waals surface area contributed by atoms with Gasteiger partial charge in [0.15, 0.2) is 0 Å². The average Bonchev–Trinajstić information content (AvgIpc) is 3.00. The summed E-state index contributed by atoms with van der Waals surface area (Å²) in [6.07, 6.45) is 0. The molecule has 0 radical (unpaired) electrons. The van der Waals surface area contributed by atoms with Crippen LogP contribution in [0.1, 0.15) is 10.9 Å². The first-order valence-corrected chi connectivity index (χ1v) is 8.72. The molecule has 0 aliphatic carbocycles. The second-order valence-electron chi connectivity index (χ2n) is 5.70. The third-order valence-electron chi connectivity index (χ3n) is 4.24. The molecule has 0 spiro atoms. The minimum absolute atomic E-state index is 0.0650. The zero-order valence-corrected chi connectivity index (χ0v) is 13.8. The maximum atomic E-state index is 12.8. The number of amides is 1. The number of rotatable bonds is 5. The number of hydrogen-bond donors (Lipinski definition) is 2. The molecule has 1 aromatic heterocycles. The van der Waals surface area contributed by atoms with Crippen LogP contribution in [-0.2, 0) is 4.79 Å². The Balaban J connectivity index is 1.72. The number of aliphatic hydroxyl groups is 1. The van der Waals surface area contributed by atoms with Crippen molar-refractivity contribution in [3.8, 4) is 0 Å². The summed E-state index contributed by atoms with van der Waals surface area (Å²) < 4.78 is 1.08. The molecule has 3 rings (SSSR count). The van der Waals surface area contributed by atoms with Crippen molar-refractivity contribution in [2.24, 2.45) is 5.73 Å². The number of carbonyl (C=O) groups excluding carboxylic acids is 1. The summed E-state index contributed by atoms with van der Waals surface area (Å²) in [5.74, 6) is -0.299. The number of aliphatic hydroxyl groups excluding tert-OH is 1. The lowest BCUT2D eigenvalue weighted by molar-refractivity contribution is -0.134. The van der Waals surface area contributed by atoms with Gasteiger partial charge in [0, 0.05) is 39.3 Å². The third kappa shape index (κ3) is 3.53. The largest absolute Gasteiger partial charge is 0.395 e. The fourth-order valence-electron chi connectivity index (χ4n) is 2.90. The van der Waals surface area contributed by atoms with E-state index < -0.39 is 0 Å². The van der Waals surface area contributed by atoms with E-state index in [1.807, 2.05) is 29.2 Å². The number of β-amino-alcohol motifs (C(OH)–C–C–N with tert-alkyl or cyclic N) is 1. The van der Waals surface area contributed by atoms with Gasteiger partial charge in [0.1, 0.15) is 10.9 Å². The van der Waals surface area contributed by atoms with Crippen LogP contribution < -0.4 is 5.73 Å². The summed E-state index contributed by atoms with van der Waals surface area (Å²) in [7, 11) is 0. The first-order chi connectivity index (χ1) is 11.2. The standard InChI is InChI=1S/C16H22N4O2S/c17-11-12(15-18-13-3-1-2-4-14(13)23-15)16(22)20-7-5-19(6-8-20)9-10-21/h1-4,12,21H,5-11,17H2/t12-/m1/s1. The second-order valence-corrected chi connectivity index (χ2v) is 6.76. The fourth-order valence-corrected chi connectivity index (χ4v) is 3.97. The number of piperazine rings is 1. The number of nitrogens with two attached hydrogens (primary N) is 1. The molecule has 1 aliphatic rings. The summed E-state index contributed by atoms with van der Waals surface area (Å²) in [5.41, 5.74) is 6.81. The number of thiazole rings is 1. The number of nitrogens with zero attached hydrogens (tertiary/aromatic N) is 3. The third-order valence-corrected chi connectivity index (χ3v) is 5.39. The highest BCUT2D eigenvalue weighted by Gasteiger charge is 2.29. The molecule has 1 amide bonds. The van der Waals surface area contributed by atoms with Crippen LogP contribution in [0, 0.1) is 0 Å². The number of hydrogen-bond acceptors (Lipinski definition) is 6. The first kappa shape index (κ1) is 16.3. The smallest absolute Gasteiger partial charge is 0.233 e.